The van der Waals surface area contributed by atoms with Crippen LogP contribution in [0.5, 0.6) is 5.75 Å². The molecule has 108 valence electrons. The number of benzene rings is 1. The topological polar surface area (TPSA) is 74.2 Å². The van der Waals surface area contributed by atoms with E-state index in [1.165, 1.54) is 0 Å². The predicted octanol–water partition coefficient (Wildman–Crippen LogP) is 3.38. The lowest BCUT2D eigenvalue weighted by molar-refractivity contribution is 0.240. The molecule has 20 heavy (non-hydrogen) atoms. The van der Waals surface area contributed by atoms with Gasteiger partial charge in [-0.15, -0.1) is 0 Å². The summed E-state index contributed by atoms with van der Waals surface area (Å²) in [6, 6.07) is 5.68. The third-order valence-electron chi connectivity index (χ3n) is 2.80. The second kappa shape index (κ2) is 6.85. The summed E-state index contributed by atoms with van der Waals surface area (Å²) in [5, 5.41) is 3.89. The maximum atomic E-state index is 5.93. The van der Waals surface area contributed by atoms with Crippen molar-refractivity contribution in [2.45, 2.75) is 39.3 Å². The fraction of sp³-hybridized carbons (Fsp3) is 0.429. The van der Waals surface area contributed by atoms with Gasteiger partial charge in [0.25, 0.3) is 5.89 Å². The summed E-state index contributed by atoms with van der Waals surface area (Å²) in [4.78, 5) is 4.27. The molecule has 0 radical (unpaired) electrons. The van der Waals surface area contributed by atoms with Crippen LogP contribution in [0.25, 0.3) is 0 Å². The largest absolute Gasteiger partial charge is 0.483 e. The Hall–Kier alpha value is -1.40. The lowest BCUT2D eigenvalue weighted by Crippen LogP contribution is -2.08. The first-order chi connectivity index (χ1) is 9.60. The number of halogens is 1. The number of aromatic nitrogens is 2. The van der Waals surface area contributed by atoms with Gasteiger partial charge in [0.2, 0.25) is 0 Å². The van der Waals surface area contributed by atoms with Crippen LogP contribution in [0.4, 0.5) is 0 Å². The fourth-order valence-electron chi connectivity index (χ4n) is 1.82. The van der Waals surface area contributed by atoms with Gasteiger partial charge >= 0.3 is 0 Å². The van der Waals surface area contributed by atoms with Crippen LogP contribution in [0.15, 0.2) is 27.2 Å². The third kappa shape index (κ3) is 3.80. The van der Waals surface area contributed by atoms with Crippen LogP contribution in [0.3, 0.4) is 0 Å². The van der Waals surface area contributed by atoms with Crippen LogP contribution in [0, 0.1) is 0 Å². The van der Waals surface area contributed by atoms with Crippen LogP contribution >= 0.6 is 15.9 Å². The van der Waals surface area contributed by atoms with Crippen molar-refractivity contribution in [3.8, 4) is 5.75 Å². The summed E-state index contributed by atoms with van der Waals surface area (Å²) in [6.07, 6.45) is 1.80. The molecule has 0 spiro atoms. The zero-order chi connectivity index (χ0) is 14.5. The van der Waals surface area contributed by atoms with Crippen LogP contribution < -0.4 is 10.5 Å². The van der Waals surface area contributed by atoms with Gasteiger partial charge in [-0.1, -0.05) is 34.1 Å². The minimum atomic E-state index is -0.101. The number of aryl methyl sites for hydroxylation is 1. The van der Waals surface area contributed by atoms with E-state index in [1.54, 1.807) is 0 Å². The zero-order valence-corrected chi connectivity index (χ0v) is 13.2. The van der Waals surface area contributed by atoms with Gasteiger partial charge in [-0.2, -0.15) is 4.98 Å². The molecule has 0 aliphatic heterocycles. The Bertz CT molecular complexity index is 569. The highest BCUT2D eigenvalue weighted by Crippen LogP contribution is 2.28. The van der Waals surface area contributed by atoms with E-state index in [9.17, 15) is 0 Å². The minimum absolute atomic E-state index is 0.101. The second-order valence-electron chi connectivity index (χ2n) is 4.61. The standard InChI is InChI=1S/C14H18BrN3O2/c1-3-4-13-17-14(20-18-13)8-19-12-7-10(15)5-6-11(12)9(2)16/h5-7,9H,3-4,8,16H2,1-2H3/t9-/m1/s1. The Balaban J connectivity index is 2.07. The van der Waals surface area contributed by atoms with Gasteiger partial charge in [0.15, 0.2) is 12.4 Å². The first-order valence-corrected chi connectivity index (χ1v) is 7.38. The van der Waals surface area contributed by atoms with E-state index >= 15 is 0 Å². The number of nitrogens with two attached hydrogens (primary N) is 1. The number of nitrogens with zero attached hydrogens (tertiary/aromatic N) is 2. The van der Waals surface area contributed by atoms with Crippen molar-refractivity contribution in [1.82, 2.24) is 10.1 Å². The van der Waals surface area contributed by atoms with E-state index in [1.807, 2.05) is 25.1 Å². The molecule has 6 heteroatoms. The van der Waals surface area contributed by atoms with Gasteiger partial charge in [0.1, 0.15) is 5.75 Å². The summed E-state index contributed by atoms with van der Waals surface area (Å²) in [5.74, 6) is 1.92. The van der Waals surface area contributed by atoms with E-state index in [0.717, 1.165) is 28.6 Å². The number of rotatable bonds is 6. The van der Waals surface area contributed by atoms with Gasteiger partial charge in [-0.05, 0) is 25.5 Å². The monoisotopic (exact) mass is 339 g/mol. The second-order valence-corrected chi connectivity index (χ2v) is 5.53. The van der Waals surface area contributed by atoms with Crippen molar-refractivity contribution in [3.63, 3.8) is 0 Å². The molecule has 1 aromatic heterocycles. The summed E-state index contributed by atoms with van der Waals surface area (Å²) >= 11 is 3.42. The van der Waals surface area contributed by atoms with Crippen LogP contribution in [-0.2, 0) is 13.0 Å². The molecular weight excluding hydrogens is 322 g/mol. The van der Waals surface area contributed by atoms with Crippen molar-refractivity contribution in [2.24, 2.45) is 5.73 Å². The van der Waals surface area contributed by atoms with Crippen LogP contribution in [-0.4, -0.2) is 10.1 Å². The molecule has 0 bridgehead atoms. The van der Waals surface area contributed by atoms with Crippen molar-refractivity contribution < 1.29 is 9.26 Å². The van der Waals surface area contributed by atoms with Crippen molar-refractivity contribution in [3.05, 3.63) is 40.0 Å². The SMILES string of the molecule is CCCc1noc(COc2cc(Br)ccc2[C@@H](C)N)n1. The highest BCUT2D eigenvalue weighted by atomic mass is 79.9. The van der Waals surface area contributed by atoms with Gasteiger partial charge in [-0.3, -0.25) is 0 Å². The average Bonchev–Trinajstić information content (AvgIpc) is 2.84. The van der Waals surface area contributed by atoms with E-state index in [0.29, 0.717) is 11.7 Å². The summed E-state index contributed by atoms with van der Waals surface area (Å²) in [5.41, 5.74) is 6.88. The number of ether oxygens (including phenoxy) is 1. The van der Waals surface area contributed by atoms with E-state index in [4.69, 9.17) is 15.0 Å². The molecule has 0 fully saturated rings. The van der Waals surface area contributed by atoms with Crippen molar-refractivity contribution in [2.75, 3.05) is 0 Å². The Morgan fingerprint density at radius 2 is 2.25 bits per heavy atom. The first kappa shape index (κ1) is 15.0. The summed E-state index contributed by atoms with van der Waals surface area (Å²) in [7, 11) is 0. The molecule has 1 heterocycles. The maximum absolute atomic E-state index is 5.93. The molecule has 2 aromatic rings. The lowest BCUT2D eigenvalue weighted by atomic mass is 10.1. The predicted molar refractivity (Wildman–Crippen MR) is 79.4 cm³/mol. The van der Waals surface area contributed by atoms with Gasteiger partial charge in [0.05, 0.1) is 0 Å². The number of hydrogen-bond acceptors (Lipinski definition) is 5. The van der Waals surface area contributed by atoms with Gasteiger partial charge in [-0.25, -0.2) is 0 Å². The van der Waals surface area contributed by atoms with Crippen LogP contribution in [0.1, 0.15) is 43.6 Å². The Morgan fingerprint density at radius 3 is 2.95 bits per heavy atom. The Labute approximate surface area is 126 Å². The molecule has 2 rings (SSSR count). The molecule has 0 saturated heterocycles. The highest BCUT2D eigenvalue weighted by molar-refractivity contribution is 9.10. The molecular formula is C14H18BrN3O2. The normalized spacial score (nSPS) is 12.4. The van der Waals surface area contributed by atoms with E-state index in [2.05, 4.69) is 33.0 Å². The third-order valence-corrected chi connectivity index (χ3v) is 3.29. The van der Waals surface area contributed by atoms with E-state index in [-0.39, 0.29) is 12.6 Å². The molecule has 0 saturated carbocycles. The molecule has 1 aromatic carbocycles. The number of hydrogen-bond donors (Lipinski definition) is 1. The first-order valence-electron chi connectivity index (χ1n) is 6.59. The Kier molecular flexibility index (Phi) is 5.14. The lowest BCUT2D eigenvalue weighted by Gasteiger charge is -2.13. The van der Waals surface area contributed by atoms with Crippen molar-refractivity contribution in [1.29, 1.82) is 0 Å². The highest BCUT2D eigenvalue weighted by Gasteiger charge is 2.11. The van der Waals surface area contributed by atoms with Gasteiger partial charge in [0, 0.05) is 22.5 Å². The molecule has 1 atom stereocenters. The molecule has 5 nitrogen and oxygen atoms in total. The summed E-state index contributed by atoms with van der Waals surface area (Å²) in [6.45, 7) is 4.23. The quantitative estimate of drug-likeness (QED) is 0.873. The van der Waals surface area contributed by atoms with E-state index < -0.39 is 0 Å². The molecule has 0 aliphatic carbocycles. The molecule has 0 unspecified atom stereocenters. The van der Waals surface area contributed by atoms with Crippen molar-refractivity contribution >= 4 is 15.9 Å². The minimum Gasteiger partial charge on any atom is -0.483 e. The fourth-order valence-corrected chi connectivity index (χ4v) is 2.16. The maximum Gasteiger partial charge on any atom is 0.264 e. The molecule has 2 N–H and O–H groups in total. The average molecular weight is 340 g/mol. The summed E-state index contributed by atoms with van der Waals surface area (Å²) < 4.78 is 11.8. The smallest absolute Gasteiger partial charge is 0.264 e. The zero-order valence-electron chi connectivity index (χ0n) is 11.6. The molecule has 0 amide bonds. The van der Waals surface area contributed by atoms with Gasteiger partial charge < -0.3 is 15.0 Å². The Morgan fingerprint density at radius 1 is 1.45 bits per heavy atom. The molecule has 0 aliphatic rings. The van der Waals surface area contributed by atoms with Crippen LogP contribution in [0.2, 0.25) is 0 Å².